The molecule has 2 aromatic rings. The SMILES string of the molecule is CCCCN(C(=O)CCc1ccccc1)C1CCN(CC2CN(C(C(=O)O)C3CCCCC3)CC2c2ccccc2)CC1. The minimum Gasteiger partial charge on any atom is -0.480 e. The maximum atomic E-state index is 13.4. The van der Waals surface area contributed by atoms with Crippen LogP contribution < -0.4 is 0 Å². The molecule has 234 valence electrons. The molecular weight excluding hydrogens is 534 g/mol. The summed E-state index contributed by atoms with van der Waals surface area (Å²) in [5.74, 6) is 0.696. The number of carbonyl (C=O) groups excluding carboxylic acids is 1. The molecule has 2 aliphatic heterocycles. The van der Waals surface area contributed by atoms with Crippen LogP contribution in [0.1, 0.15) is 88.2 Å². The Kier molecular flexibility index (Phi) is 11.7. The van der Waals surface area contributed by atoms with Gasteiger partial charge < -0.3 is 14.9 Å². The number of carbonyl (C=O) groups is 2. The zero-order chi connectivity index (χ0) is 30.0. The predicted octanol–water partition coefficient (Wildman–Crippen LogP) is 6.46. The van der Waals surface area contributed by atoms with Crippen LogP contribution in [0.4, 0.5) is 0 Å². The average Bonchev–Trinajstić information content (AvgIpc) is 3.45. The van der Waals surface area contributed by atoms with Crippen molar-refractivity contribution >= 4 is 11.9 Å². The molecule has 5 rings (SSSR count). The number of nitrogens with zero attached hydrogens (tertiary/aromatic N) is 3. The molecule has 43 heavy (non-hydrogen) atoms. The van der Waals surface area contributed by atoms with Gasteiger partial charge in [0.25, 0.3) is 0 Å². The number of hydrogen-bond donors (Lipinski definition) is 1. The average molecular weight is 588 g/mol. The monoisotopic (exact) mass is 587 g/mol. The summed E-state index contributed by atoms with van der Waals surface area (Å²) >= 11 is 0. The second kappa shape index (κ2) is 15.9. The number of carboxylic acid groups (broad SMARTS) is 1. The first-order valence-electron chi connectivity index (χ1n) is 17.1. The minimum absolute atomic E-state index is 0.269. The Bertz CT molecular complexity index is 1130. The van der Waals surface area contributed by atoms with Crippen LogP contribution in [0.3, 0.4) is 0 Å². The van der Waals surface area contributed by atoms with E-state index in [9.17, 15) is 14.7 Å². The van der Waals surface area contributed by atoms with Gasteiger partial charge in [0, 0.05) is 57.6 Å². The van der Waals surface area contributed by atoms with E-state index in [0.29, 0.717) is 30.2 Å². The number of benzene rings is 2. The molecule has 3 unspecified atom stereocenters. The summed E-state index contributed by atoms with van der Waals surface area (Å²) in [5, 5.41) is 10.4. The molecule has 6 nitrogen and oxygen atoms in total. The summed E-state index contributed by atoms with van der Waals surface area (Å²) in [4.78, 5) is 33.2. The summed E-state index contributed by atoms with van der Waals surface area (Å²) in [6, 6.07) is 21.1. The van der Waals surface area contributed by atoms with Crippen molar-refractivity contribution in [3.63, 3.8) is 0 Å². The number of likely N-dealkylation sites (tertiary alicyclic amines) is 2. The van der Waals surface area contributed by atoms with Crippen molar-refractivity contribution in [1.29, 1.82) is 0 Å². The lowest BCUT2D eigenvalue weighted by molar-refractivity contribution is -0.145. The Hall–Kier alpha value is -2.70. The fourth-order valence-corrected chi connectivity index (χ4v) is 8.12. The van der Waals surface area contributed by atoms with Crippen LogP contribution in [0.15, 0.2) is 60.7 Å². The normalized spacial score (nSPS) is 23.3. The fourth-order valence-electron chi connectivity index (χ4n) is 8.12. The molecule has 3 aliphatic rings. The van der Waals surface area contributed by atoms with Crippen molar-refractivity contribution in [1.82, 2.24) is 14.7 Å². The highest BCUT2D eigenvalue weighted by Gasteiger charge is 2.43. The van der Waals surface area contributed by atoms with E-state index in [2.05, 4.69) is 64.1 Å². The van der Waals surface area contributed by atoms with E-state index >= 15 is 0 Å². The number of aliphatic carboxylic acids is 1. The van der Waals surface area contributed by atoms with Gasteiger partial charge >= 0.3 is 5.97 Å². The summed E-state index contributed by atoms with van der Waals surface area (Å²) in [6.07, 6.45) is 11.2. The lowest BCUT2D eigenvalue weighted by Gasteiger charge is -2.40. The first-order chi connectivity index (χ1) is 21.0. The minimum atomic E-state index is -0.635. The van der Waals surface area contributed by atoms with Crippen molar-refractivity contribution in [3.8, 4) is 0 Å². The first kappa shape index (κ1) is 31.7. The number of hydrogen-bond acceptors (Lipinski definition) is 4. The van der Waals surface area contributed by atoms with Gasteiger partial charge in [-0.15, -0.1) is 0 Å². The van der Waals surface area contributed by atoms with Crippen LogP contribution in [0.25, 0.3) is 0 Å². The highest BCUT2D eigenvalue weighted by Crippen LogP contribution is 2.38. The van der Waals surface area contributed by atoms with Crippen LogP contribution in [0.5, 0.6) is 0 Å². The topological polar surface area (TPSA) is 64.1 Å². The fraction of sp³-hybridized carbons (Fsp3) is 0.622. The van der Waals surface area contributed by atoms with Crippen LogP contribution in [-0.4, -0.2) is 83.0 Å². The molecule has 0 radical (unpaired) electrons. The maximum Gasteiger partial charge on any atom is 0.321 e. The Morgan fingerprint density at radius 2 is 1.58 bits per heavy atom. The van der Waals surface area contributed by atoms with Gasteiger partial charge in [-0.3, -0.25) is 14.5 Å². The number of piperidine rings is 1. The molecule has 6 heteroatoms. The number of unbranched alkanes of at least 4 members (excludes halogenated alkanes) is 1. The van der Waals surface area contributed by atoms with Gasteiger partial charge in [-0.25, -0.2) is 0 Å². The Morgan fingerprint density at radius 3 is 2.23 bits per heavy atom. The van der Waals surface area contributed by atoms with E-state index in [1.807, 2.05) is 18.2 Å². The van der Waals surface area contributed by atoms with Crippen molar-refractivity contribution in [2.75, 3.05) is 39.3 Å². The third-order valence-corrected chi connectivity index (χ3v) is 10.5. The predicted molar refractivity (Wildman–Crippen MR) is 173 cm³/mol. The van der Waals surface area contributed by atoms with Gasteiger partial charge in [0.15, 0.2) is 0 Å². The van der Waals surface area contributed by atoms with Gasteiger partial charge in [0.05, 0.1) is 0 Å². The lowest BCUT2D eigenvalue weighted by Crippen LogP contribution is -2.49. The standard InChI is InChI=1S/C37H53N3O3/c1-2-3-23-40(35(41)20-19-29-13-7-4-8-14-29)33-21-24-38(25-22-33)26-32-27-39(28-34(32)30-15-9-5-10-16-30)36(37(42)43)31-17-11-6-12-18-31/h4-5,7-10,13-16,31-34,36H,2-3,6,11-12,17-28H2,1H3,(H,42,43). The Morgan fingerprint density at radius 1 is 0.907 bits per heavy atom. The molecule has 0 aromatic heterocycles. The molecule has 2 heterocycles. The van der Waals surface area contributed by atoms with E-state index < -0.39 is 5.97 Å². The third-order valence-electron chi connectivity index (χ3n) is 10.5. The van der Waals surface area contributed by atoms with Crippen LogP contribution >= 0.6 is 0 Å². The Balaban J connectivity index is 1.21. The van der Waals surface area contributed by atoms with Crippen LogP contribution in [-0.2, 0) is 16.0 Å². The molecular formula is C37H53N3O3. The molecule has 0 bridgehead atoms. The summed E-state index contributed by atoms with van der Waals surface area (Å²) < 4.78 is 0. The molecule has 3 atom stereocenters. The van der Waals surface area contributed by atoms with Crippen molar-refractivity contribution < 1.29 is 14.7 Å². The van der Waals surface area contributed by atoms with Gasteiger partial charge in [-0.1, -0.05) is 93.3 Å². The maximum absolute atomic E-state index is 13.4. The van der Waals surface area contributed by atoms with Crippen molar-refractivity contribution in [2.24, 2.45) is 11.8 Å². The van der Waals surface area contributed by atoms with E-state index in [0.717, 1.165) is 97.1 Å². The molecule has 2 saturated heterocycles. The number of rotatable bonds is 13. The summed E-state index contributed by atoms with van der Waals surface area (Å²) in [5.41, 5.74) is 2.57. The van der Waals surface area contributed by atoms with Crippen LogP contribution in [0, 0.1) is 11.8 Å². The molecule has 2 aromatic carbocycles. The number of amides is 1. The highest BCUT2D eigenvalue weighted by molar-refractivity contribution is 5.77. The smallest absolute Gasteiger partial charge is 0.321 e. The van der Waals surface area contributed by atoms with E-state index in [-0.39, 0.29) is 12.0 Å². The second-order valence-corrected chi connectivity index (χ2v) is 13.4. The van der Waals surface area contributed by atoms with Gasteiger partial charge in [-0.05, 0) is 61.5 Å². The zero-order valence-corrected chi connectivity index (χ0v) is 26.3. The van der Waals surface area contributed by atoms with E-state index in [1.165, 1.54) is 17.5 Å². The van der Waals surface area contributed by atoms with Crippen LogP contribution in [0.2, 0.25) is 0 Å². The van der Waals surface area contributed by atoms with E-state index in [4.69, 9.17) is 0 Å². The zero-order valence-electron chi connectivity index (χ0n) is 26.3. The van der Waals surface area contributed by atoms with Crippen molar-refractivity contribution in [2.45, 2.75) is 95.6 Å². The van der Waals surface area contributed by atoms with Crippen molar-refractivity contribution in [3.05, 3.63) is 71.8 Å². The molecule has 1 saturated carbocycles. The molecule has 3 fully saturated rings. The van der Waals surface area contributed by atoms with Gasteiger partial charge in [0.2, 0.25) is 5.91 Å². The molecule has 1 N–H and O–H groups in total. The molecule has 0 spiro atoms. The third kappa shape index (κ3) is 8.48. The first-order valence-corrected chi connectivity index (χ1v) is 17.1. The number of aryl methyl sites for hydroxylation is 1. The molecule has 1 amide bonds. The summed E-state index contributed by atoms with van der Waals surface area (Å²) in [6.45, 7) is 7.75. The lowest BCUT2D eigenvalue weighted by atomic mass is 9.83. The van der Waals surface area contributed by atoms with Gasteiger partial charge in [0.1, 0.15) is 6.04 Å². The molecule has 1 aliphatic carbocycles. The highest BCUT2D eigenvalue weighted by atomic mass is 16.4. The van der Waals surface area contributed by atoms with E-state index in [1.54, 1.807) is 0 Å². The Labute approximate surface area is 259 Å². The quantitative estimate of drug-likeness (QED) is 0.291. The second-order valence-electron chi connectivity index (χ2n) is 13.4. The number of carboxylic acids is 1. The van der Waals surface area contributed by atoms with Gasteiger partial charge in [-0.2, -0.15) is 0 Å². The summed E-state index contributed by atoms with van der Waals surface area (Å²) in [7, 11) is 0. The largest absolute Gasteiger partial charge is 0.480 e.